The van der Waals surface area contributed by atoms with Gasteiger partial charge in [-0.3, -0.25) is 0 Å². The van der Waals surface area contributed by atoms with Gasteiger partial charge in [-0.15, -0.1) is 0 Å². The first-order chi connectivity index (χ1) is 24.0. The van der Waals surface area contributed by atoms with Crippen molar-refractivity contribution in [2.45, 2.75) is 109 Å². The van der Waals surface area contributed by atoms with Crippen molar-refractivity contribution in [2.24, 2.45) is 11.8 Å². The molecule has 258 valence electrons. The molecule has 2 aliphatic heterocycles. The summed E-state index contributed by atoms with van der Waals surface area (Å²) in [6.45, 7) is 25.1. The Morgan fingerprint density at radius 3 is 2.22 bits per heavy atom. The van der Waals surface area contributed by atoms with Gasteiger partial charge in [0.2, 0.25) is 11.4 Å². The zero-order valence-corrected chi connectivity index (χ0v) is 32.5. The van der Waals surface area contributed by atoms with Crippen molar-refractivity contribution in [2.75, 3.05) is 0 Å². The number of allylic oxidation sites excluding steroid dienone is 1. The lowest BCUT2D eigenvalue weighted by atomic mass is 9.75. The first-order valence-electron chi connectivity index (χ1n) is 19.3. The molecule has 0 saturated heterocycles. The number of aromatic nitrogens is 1. The molecule has 0 radical (unpaired) electrons. The van der Waals surface area contributed by atoms with E-state index in [2.05, 4.69) is 153 Å². The molecule has 50 heavy (non-hydrogen) atoms. The third-order valence-electron chi connectivity index (χ3n) is 12.0. The minimum atomic E-state index is -1.43. The number of hydrogen-bond donors (Lipinski definition) is 0. The first-order valence-corrected chi connectivity index (χ1v) is 23.0. The van der Waals surface area contributed by atoms with Crippen LogP contribution in [0.1, 0.15) is 80.5 Å². The highest BCUT2D eigenvalue weighted by atomic mass is 28.3. The Kier molecular flexibility index (Phi) is 9.74. The molecule has 1 aliphatic carbocycles. The van der Waals surface area contributed by atoms with E-state index in [1.807, 2.05) is 0 Å². The molecule has 3 heterocycles. The largest absolute Gasteiger partial charge is 0.220 e. The molecule has 0 bridgehead atoms. The summed E-state index contributed by atoms with van der Waals surface area (Å²) in [6, 6.07) is 34.3. The van der Waals surface area contributed by atoms with Crippen molar-refractivity contribution in [1.29, 1.82) is 0 Å². The molecule has 1 fully saturated rings. The van der Waals surface area contributed by atoms with Crippen molar-refractivity contribution in [3.8, 4) is 22.4 Å². The fourth-order valence-corrected chi connectivity index (χ4v) is 11.5. The van der Waals surface area contributed by atoms with Crippen LogP contribution in [0, 0.1) is 11.8 Å². The predicted octanol–water partition coefficient (Wildman–Crippen LogP) is 11.2. The van der Waals surface area contributed by atoms with E-state index in [1.165, 1.54) is 81.2 Å². The number of aryl methyl sites for hydroxylation is 1. The summed E-state index contributed by atoms with van der Waals surface area (Å²) in [5.74, 6) is 2.36. The highest BCUT2D eigenvalue weighted by Gasteiger charge is 2.50. The predicted molar refractivity (Wildman–Crippen MR) is 215 cm³/mol. The molecule has 0 amide bonds. The second-order valence-electron chi connectivity index (χ2n) is 17.2. The van der Waals surface area contributed by atoms with Crippen LogP contribution >= 0.6 is 0 Å². The van der Waals surface area contributed by atoms with Crippen LogP contribution < -0.4 is 4.57 Å². The second-order valence-corrected chi connectivity index (χ2v) is 22.7. The topological polar surface area (TPSA) is 6.89 Å². The van der Waals surface area contributed by atoms with Crippen LogP contribution in [-0.4, -0.2) is 30.4 Å². The zero-order chi connectivity index (χ0) is 35.2. The molecule has 5 unspecified atom stereocenters. The molecule has 1 saturated carbocycles. The maximum Gasteiger partial charge on any atom is 0.220 e. The molecular formula is C47H58N2Si+2. The van der Waals surface area contributed by atoms with E-state index >= 15 is 0 Å². The first kappa shape index (κ1) is 34.6. The number of fused-ring (bicyclic) bond motifs is 6. The number of hydrogen-bond acceptors (Lipinski definition) is 0. The van der Waals surface area contributed by atoms with Crippen LogP contribution in [0.25, 0.3) is 22.4 Å². The van der Waals surface area contributed by atoms with Crippen molar-refractivity contribution in [3.05, 3.63) is 138 Å². The molecule has 3 heteroatoms. The van der Waals surface area contributed by atoms with Crippen molar-refractivity contribution in [3.63, 3.8) is 0 Å². The highest BCUT2D eigenvalue weighted by Crippen LogP contribution is 2.45. The maximum atomic E-state index is 5.07. The normalized spacial score (nSPS) is 22.7. The van der Waals surface area contributed by atoms with Gasteiger partial charge in [0.25, 0.3) is 0 Å². The summed E-state index contributed by atoms with van der Waals surface area (Å²) in [5, 5.41) is 0. The van der Waals surface area contributed by atoms with Gasteiger partial charge < -0.3 is 0 Å². The lowest BCUT2D eigenvalue weighted by molar-refractivity contribution is -0.684. The summed E-state index contributed by atoms with van der Waals surface area (Å²) in [7, 11) is -1.43. The van der Waals surface area contributed by atoms with Crippen LogP contribution in [0.3, 0.4) is 0 Å². The molecular weight excluding hydrogens is 621 g/mol. The Morgan fingerprint density at radius 2 is 1.54 bits per heavy atom. The van der Waals surface area contributed by atoms with Crippen molar-refractivity contribution in [1.82, 2.24) is 0 Å². The maximum absolute atomic E-state index is 5.07. The molecule has 0 N–H and O–H groups in total. The minimum absolute atomic E-state index is 0.203. The Labute approximate surface area is 303 Å². The van der Waals surface area contributed by atoms with Gasteiger partial charge in [0.1, 0.15) is 0 Å². The van der Waals surface area contributed by atoms with Gasteiger partial charge in [0.15, 0.2) is 24.8 Å². The summed E-state index contributed by atoms with van der Waals surface area (Å²) >= 11 is 0. The third-order valence-corrected chi connectivity index (χ3v) is 13.6. The van der Waals surface area contributed by atoms with Crippen LogP contribution in [0.15, 0.2) is 116 Å². The molecule has 0 spiro atoms. The highest BCUT2D eigenvalue weighted by molar-refractivity contribution is 6.76. The summed E-state index contributed by atoms with van der Waals surface area (Å²) in [5.41, 5.74) is 13.5. The number of rotatable bonds is 7. The fraction of sp³-hybridized carbons (Fsp3) is 0.404. The average molecular weight is 679 g/mol. The third kappa shape index (κ3) is 6.66. The SMILES string of the molecule is C=CC1=[N+](C(C[Si](C)(C)C)C2CCC(C)C2)C2C(=C)C[n+]3cccc(-c4ccc(C(C)C)cc4)c3-c3ccccc3CCC2c2ccccc21. The van der Waals surface area contributed by atoms with Gasteiger partial charge in [-0.05, 0) is 78.0 Å². The van der Waals surface area contributed by atoms with Gasteiger partial charge in [-0.25, -0.2) is 4.58 Å². The van der Waals surface area contributed by atoms with E-state index in [1.54, 1.807) is 0 Å². The van der Waals surface area contributed by atoms with Crippen LogP contribution in [0.5, 0.6) is 0 Å². The lowest BCUT2D eigenvalue weighted by Gasteiger charge is -2.39. The monoisotopic (exact) mass is 678 g/mol. The lowest BCUT2D eigenvalue weighted by Crippen LogP contribution is -2.53. The Balaban J connectivity index is 1.43. The van der Waals surface area contributed by atoms with Crippen molar-refractivity contribution < 1.29 is 9.14 Å². The zero-order valence-electron chi connectivity index (χ0n) is 31.5. The van der Waals surface area contributed by atoms with Gasteiger partial charge in [-0.2, -0.15) is 4.57 Å². The fourth-order valence-electron chi connectivity index (χ4n) is 9.68. The summed E-state index contributed by atoms with van der Waals surface area (Å²) in [4.78, 5) is 0. The van der Waals surface area contributed by atoms with Gasteiger partial charge in [-0.1, -0.05) is 121 Å². The Morgan fingerprint density at radius 1 is 0.840 bits per heavy atom. The van der Waals surface area contributed by atoms with E-state index in [0.717, 1.165) is 25.3 Å². The molecule has 3 aromatic carbocycles. The molecule has 1 aromatic heterocycles. The van der Waals surface area contributed by atoms with Gasteiger partial charge in [0.05, 0.1) is 30.7 Å². The average Bonchev–Trinajstić information content (AvgIpc) is 3.54. The quantitative estimate of drug-likeness (QED) is 0.104. The standard InChI is InChI=1S/C47H58N2Si/c1-9-44-42-18-13-12-17-41(42)43-27-26-36-15-10-11-16-39(36)47-40(37-24-22-35(23-25-37)32(2)3)19-14-28-48(47)30-34(5)46(43)49(44)45(31-50(6,7)8)38-21-20-33(4)29-38/h9-19,22-25,28,32-33,38,43,45-46H,1,5,20-21,26-27,29-31H2,2-4,6-8H3/q+2. The van der Waals surface area contributed by atoms with E-state index in [0.29, 0.717) is 23.8 Å². The van der Waals surface area contributed by atoms with Crippen LogP contribution in [0.4, 0.5) is 0 Å². The van der Waals surface area contributed by atoms with E-state index in [4.69, 9.17) is 6.58 Å². The summed E-state index contributed by atoms with van der Waals surface area (Å²) in [6.07, 6.45) is 10.6. The number of benzene rings is 3. The van der Waals surface area contributed by atoms with Gasteiger partial charge >= 0.3 is 0 Å². The smallest absolute Gasteiger partial charge is 0.219 e. The van der Waals surface area contributed by atoms with Crippen LogP contribution in [0.2, 0.25) is 25.7 Å². The minimum Gasteiger partial charge on any atom is -0.219 e. The van der Waals surface area contributed by atoms with E-state index < -0.39 is 8.07 Å². The van der Waals surface area contributed by atoms with E-state index in [-0.39, 0.29) is 6.04 Å². The molecule has 7 rings (SSSR count). The Hall–Kier alpha value is -3.82. The second kappa shape index (κ2) is 14.1. The van der Waals surface area contributed by atoms with Gasteiger partial charge in [0, 0.05) is 29.7 Å². The summed E-state index contributed by atoms with van der Waals surface area (Å²) < 4.78 is 5.43. The number of pyridine rings is 1. The molecule has 2 nitrogen and oxygen atoms in total. The van der Waals surface area contributed by atoms with Crippen molar-refractivity contribution >= 4 is 13.8 Å². The molecule has 4 aromatic rings. The molecule has 3 aliphatic rings. The molecule has 5 atom stereocenters. The van der Waals surface area contributed by atoms with Crippen LogP contribution in [-0.2, 0) is 13.0 Å². The Bertz CT molecular complexity index is 1920. The number of nitrogens with zero attached hydrogens (tertiary/aromatic N) is 2. The van der Waals surface area contributed by atoms with E-state index in [9.17, 15) is 0 Å².